The van der Waals surface area contributed by atoms with Gasteiger partial charge < -0.3 is 9.84 Å². The molecule has 94 valence electrons. The highest BCUT2D eigenvalue weighted by Gasteiger charge is 2.20. The van der Waals surface area contributed by atoms with E-state index in [1.54, 1.807) is 0 Å². The number of hydrogen-bond donors (Lipinski definition) is 1. The number of hydrogen-bond acceptors (Lipinski definition) is 2. The Kier molecular flexibility index (Phi) is 4.46. The zero-order chi connectivity index (χ0) is 12.3. The van der Waals surface area contributed by atoms with Crippen molar-refractivity contribution in [2.24, 2.45) is 5.92 Å². The van der Waals surface area contributed by atoms with Crippen molar-refractivity contribution >= 4 is 15.9 Å². The molecule has 1 aromatic rings. The topological polar surface area (TPSA) is 29.5 Å². The summed E-state index contributed by atoms with van der Waals surface area (Å²) in [5.74, 6) is 1.66. The van der Waals surface area contributed by atoms with Crippen LogP contribution in [0.4, 0.5) is 0 Å². The van der Waals surface area contributed by atoms with Crippen LogP contribution >= 0.6 is 15.9 Å². The van der Waals surface area contributed by atoms with Gasteiger partial charge in [-0.05, 0) is 49.8 Å². The molecule has 0 unspecified atom stereocenters. The zero-order valence-electron chi connectivity index (χ0n) is 10.2. The number of ether oxygens (including phenoxy) is 1. The third-order valence-electron chi connectivity index (χ3n) is 3.45. The molecule has 0 atom stereocenters. The van der Waals surface area contributed by atoms with Gasteiger partial charge in [-0.25, -0.2) is 0 Å². The van der Waals surface area contributed by atoms with E-state index >= 15 is 0 Å². The van der Waals surface area contributed by atoms with Crippen molar-refractivity contribution in [3.8, 4) is 5.75 Å². The molecule has 0 aliphatic heterocycles. The molecule has 0 heterocycles. The van der Waals surface area contributed by atoms with E-state index < -0.39 is 0 Å². The first-order valence-corrected chi connectivity index (χ1v) is 7.04. The molecule has 0 radical (unpaired) electrons. The van der Waals surface area contributed by atoms with E-state index in [1.807, 2.05) is 18.2 Å². The number of aliphatic hydroxyl groups is 1. The number of benzene rings is 1. The molecular weight excluding hydrogens is 280 g/mol. The molecule has 1 N–H and O–H groups in total. The van der Waals surface area contributed by atoms with Crippen LogP contribution in [-0.2, 0) is 6.61 Å². The standard InChI is InChI=1S/C14H19BrO2/c1-10-2-5-13(6-3-10)17-14-7-4-12(15)8-11(14)9-16/h4,7-8,10,13,16H,2-3,5-6,9H2,1H3. The van der Waals surface area contributed by atoms with E-state index in [9.17, 15) is 5.11 Å². The van der Waals surface area contributed by atoms with E-state index in [-0.39, 0.29) is 6.61 Å². The summed E-state index contributed by atoms with van der Waals surface area (Å²) in [4.78, 5) is 0. The molecule has 1 aliphatic carbocycles. The van der Waals surface area contributed by atoms with E-state index in [1.165, 1.54) is 12.8 Å². The summed E-state index contributed by atoms with van der Waals surface area (Å²) in [6.07, 6.45) is 5.06. The zero-order valence-corrected chi connectivity index (χ0v) is 11.7. The second-order valence-electron chi connectivity index (χ2n) is 4.91. The Morgan fingerprint density at radius 2 is 2.00 bits per heavy atom. The summed E-state index contributed by atoms with van der Waals surface area (Å²) < 4.78 is 6.98. The van der Waals surface area contributed by atoms with Gasteiger partial charge in [0.05, 0.1) is 12.7 Å². The summed E-state index contributed by atoms with van der Waals surface area (Å²) in [5.41, 5.74) is 0.859. The van der Waals surface area contributed by atoms with Crippen LogP contribution in [0.2, 0.25) is 0 Å². The largest absolute Gasteiger partial charge is 0.490 e. The fraction of sp³-hybridized carbons (Fsp3) is 0.571. The first-order valence-electron chi connectivity index (χ1n) is 6.25. The van der Waals surface area contributed by atoms with Gasteiger partial charge in [0.2, 0.25) is 0 Å². The van der Waals surface area contributed by atoms with Gasteiger partial charge in [0.1, 0.15) is 5.75 Å². The average Bonchev–Trinajstić information content (AvgIpc) is 2.34. The molecule has 0 bridgehead atoms. The normalized spacial score (nSPS) is 24.6. The van der Waals surface area contributed by atoms with Crippen molar-refractivity contribution in [1.82, 2.24) is 0 Å². The number of halogens is 1. The van der Waals surface area contributed by atoms with Crippen molar-refractivity contribution in [1.29, 1.82) is 0 Å². The Morgan fingerprint density at radius 3 is 2.65 bits per heavy atom. The minimum atomic E-state index is 0.0257. The molecule has 1 saturated carbocycles. The second-order valence-corrected chi connectivity index (χ2v) is 5.83. The maximum Gasteiger partial charge on any atom is 0.125 e. The summed E-state index contributed by atoms with van der Waals surface area (Å²) in [5, 5.41) is 9.31. The third kappa shape index (κ3) is 3.46. The van der Waals surface area contributed by atoms with Crippen molar-refractivity contribution in [3.05, 3.63) is 28.2 Å². The first-order chi connectivity index (χ1) is 8.19. The van der Waals surface area contributed by atoms with Crippen LogP contribution < -0.4 is 4.74 Å². The van der Waals surface area contributed by atoms with Gasteiger partial charge >= 0.3 is 0 Å². The monoisotopic (exact) mass is 298 g/mol. The van der Waals surface area contributed by atoms with Crippen LogP contribution in [0.15, 0.2) is 22.7 Å². The summed E-state index contributed by atoms with van der Waals surface area (Å²) in [7, 11) is 0. The summed E-state index contributed by atoms with van der Waals surface area (Å²) >= 11 is 3.40. The highest BCUT2D eigenvalue weighted by molar-refractivity contribution is 9.10. The fourth-order valence-corrected chi connectivity index (χ4v) is 2.72. The molecule has 0 spiro atoms. The molecule has 0 saturated heterocycles. The number of rotatable bonds is 3. The summed E-state index contributed by atoms with van der Waals surface area (Å²) in [6.45, 7) is 2.33. The van der Waals surface area contributed by atoms with Crippen LogP contribution in [0.1, 0.15) is 38.2 Å². The molecule has 17 heavy (non-hydrogen) atoms. The van der Waals surface area contributed by atoms with Crippen LogP contribution in [0.3, 0.4) is 0 Å². The van der Waals surface area contributed by atoms with Gasteiger partial charge in [-0.1, -0.05) is 22.9 Å². The second kappa shape index (κ2) is 5.87. The van der Waals surface area contributed by atoms with E-state index in [0.29, 0.717) is 6.10 Å². The minimum Gasteiger partial charge on any atom is -0.490 e. The van der Waals surface area contributed by atoms with Crippen LogP contribution in [0, 0.1) is 5.92 Å². The van der Waals surface area contributed by atoms with E-state index in [2.05, 4.69) is 22.9 Å². The molecule has 1 fully saturated rings. The first kappa shape index (κ1) is 12.9. The molecule has 0 aromatic heterocycles. The Labute approximate surface area is 111 Å². The van der Waals surface area contributed by atoms with Gasteiger partial charge in [-0.2, -0.15) is 0 Å². The van der Waals surface area contributed by atoms with Gasteiger partial charge in [0.15, 0.2) is 0 Å². The van der Waals surface area contributed by atoms with Crippen LogP contribution in [-0.4, -0.2) is 11.2 Å². The van der Waals surface area contributed by atoms with Crippen LogP contribution in [0.5, 0.6) is 5.75 Å². The maximum absolute atomic E-state index is 9.31. The third-order valence-corrected chi connectivity index (χ3v) is 3.94. The maximum atomic E-state index is 9.31. The van der Waals surface area contributed by atoms with Gasteiger partial charge in [0, 0.05) is 10.0 Å². The van der Waals surface area contributed by atoms with Gasteiger partial charge in [-0.15, -0.1) is 0 Å². The molecular formula is C14H19BrO2. The average molecular weight is 299 g/mol. The fourth-order valence-electron chi connectivity index (χ4n) is 2.31. The molecule has 0 amide bonds. The summed E-state index contributed by atoms with van der Waals surface area (Å²) in [6, 6.07) is 5.81. The lowest BCUT2D eigenvalue weighted by atomic mass is 9.89. The van der Waals surface area contributed by atoms with Crippen molar-refractivity contribution in [2.75, 3.05) is 0 Å². The Balaban J connectivity index is 2.03. The molecule has 1 aliphatic rings. The van der Waals surface area contributed by atoms with Gasteiger partial charge in [-0.3, -0.25) is 0 Å². The number of aliphatic hydroxyl groups excluding tert-OH is 1. The van der Waals surface area contributed by atoms with E-state index in [0.717, 1.165) is 34.5 Å². The van der Waals surface area contributed by atoms with Crippen molar-refractivity contribution in [3.63, 3.8) is 0 Å². The predicted octanol–water partition coefficient (Wildman–Crippen LogP) is 3.90. The minimum absolute atomic E-state index is 0.0257. The van der Waals surface area contributed by atoms with Crippen LogP contribution in [0.25, 0.3) is 0 Å². The smallest absolute Gasteiger partial charge is 0.125 e. The SMILES string of the molecule is CC1CCC(Oc2ccc(Br)cc2CO)CC1. The lowest BCUT2D eigenvalue weighted by molar-refractivity contribution is 0.131. The van der Waals surface area contributed by atoms with Gasteiger partial charge in [0.25, 0.3) is 0 Å². The predicted molar refractivity (Wildman–Crippen MR) is 72.1 cm³/mol. The Bertz CT molecular complexity index is 370. The Hall–Kier alpha value is -0.540. The lowest BCUT2D eigenvalue weighted by Gasteiger charge is -2.27. The van der Waals surface area contributed by atoms with Crippen molar-refractivity contribution in [2.45, 2.75) is 45.3 Å². The van der Waals surface area contributed by atoms with Crippen molar-refractivity contribution < 1.29 is 9.84 Å². The molecule has 2 rings (SSSR count). The Morgan fingerprint density at radius 1 is 1.29 bits per heavy atom. The molecule has 3 heteroatoms. The van der Waals surface area contributed by atoms with E-state index in [4.69, 9.17) is 4.74 Å². The lowest BCUT2D eigenvalue weighted by Crippen LogP contribution is -2.23. The quantitative estimate of drug-likeness (QED) is 0.917. The molecule has 2 nitrogen and oxygen atoms in total. The highest BCUT2D eigenvalue weighted by atomic mass is 79.9. The molecule has 1 aromatic carbocycles. The highest BCUT2D eigenvalue weighted by Crippen LogP contribution is 2.30.